The summed E-state index contributed by atoms with van der Waals surface area (Å²) in [6.07, 6.45) is 74.4. The molecule has 9 nitrogen and oxygen atoms in total. The van der Waals surface area contributed by atoms with E-state index in [4.69, 9.17) is 13.8 Å². The van der Waals surface area contributed by atoms with Crippen molar-refractivity contribution in [1.82, 2.24) is 5.32 Å². The van der Waals surface area contributed by atoms with Crippen LogP contribution < -0.4 is 5.32 Å². The number of phosphoric ester groups is 1. The van der Waals surface area contributed by atoms with Gasteiger partial charge in [0.2, 0.25) is 5.91 Å². The molecule has 0 aliphatic carbocycles. The maximum absolute atomic E-state index is 13.5. The second-order valence-corrected chi connectivity index (χ2v) is 25.8. The normalized spacial score (nSPS) is 13.9. The molecule has 0 fully saturated rings. The van der Waals surface area contributed by atoms with Crippen LogP contribution in [0.25, 0.3) is 0 Å². The maximum atomic E-state index is 13.5. The van der Waals surface area contributed by atoms with Crippen molar-refractivity contribution >= 4 is 19.7 Å². The number of nitrogens with one attached hydrogen (secondary N) is 1. The number of ether oxygens (including phenoxy) is 1. The van der Waals surface area contributed by atoms with Crippen molar-refractivity contribution in [3.8, 4) is 0 Å². The number of likely N-dealkylation sites (N-methyl/N-ethyl adjacent to an activating group) is 1. The van der Waals surface area contributed by atoms with Gasteiger partial charge in [0.25, 0.3) is 0 Å². The number of phosphoric acid groups is 1. The zero-order chi connectivity index (χ0) is 57.9. The zero-order valence-electron chi connectivity index (χ0n) is 53.1. The maximum Gasteiger partial charge on any atom is 0.472 e. The van der Waals surface area contributed by atoms with Crippen LogP contribution in [0.5, 0.6) is 0 Å². The quantitative estimate of drug-likeness (QED) is 0.0205. The highest BCUT2D eigenvalue weighted by Gasteiger charge is 2.30. The summed E-state index contributed by atoms with van der Waals surface area (Å²) in [6, 6.07) is -0.877. The lowest BCUT2D eigenvalue weighted by Gasteiger charge is -2.27. The van der Waals surface area contributed by atoms with E-state index in [-0.39, 0.29) is 37.9 Å². The predicted molar refractivity (Wildman–Crippen MR) is 342 cm³/mol. The molecule has 0 aliphatic heterocycles. The topological polar surface area (TPSA) is 111 Å². The number of carbonyl (C=O) groups is 2. The van der Waals surface area contributed by atoms with Gasteiger partial charge in [0.1, 0.15) is 19.3 Å². The molecule has 0 aliphatic rings. The minimum atomic E-state index is -4.46. The molecule has 0 bridgehead atoms. The van der Waals surface area contributed by atoms with Gasteiger partial charge in [-0.3, -0.25) is 18.6 Å². The van der Waals surface area contributed by atoms with Crippen molar-refractivity contribution in [2.75, 3.05) is 40.9 Å². The van der Waals surface area contributed by atoms with Crippen LogP contribution in [0.3, 0.4) is 0 Å². The highest BCUT2D eigenvalue weighted by molar-refractivity contribution is 7.47. The molecule has 0 heterocycles. The summed E-state index contributed by atoms with van der Waals surface area (Å²) in [5.74, 6) is -0.570. The fourth-order valence-corrected chi connectivity index (χ4v) is 10.7. The molecule has 0 spiro atoms. The van der Waals surface area contributed by atoms with E-state index in [1.54, 1.807) is 0 Å². The van der Waals surface area contributed by atoms with Crippen LogP contribution in [-0.4, -0.2) is 74.3 Å². The summed E-state index contributed by atoms with van der Waals surface area (Å²) in [6.45, 7) is 6.99. The van der Waals surface area contributed by atoms with Gasteiger partial charge < -0.3 is 19.4 Å². The molecule has 0 radical (unpaired) electrons. The lowest BCUT2D eigenvalue weighted by atomic mass is 10.0. The highest BCUT2D eigenvalue weighted by Crippen LogP contribution is 2.43. The lowest BCUT2D eigenvalue weighted by molar-refractivity contribution is -0.870. The van der Waals surface area contributed by atoms with Gasteiger partial charge in [-0.15, -0.1) is 0 Å². The zero-order valence-corrected chi connectivity index (χ0v) is 54.0. The summed E-state index contributed by atoms with van der Waals surface area (Å²) in [5.41, 5.74) is 0. The third-order valence-corrected chi connectivity index (χ3v) is 16.2. The number of hydrogen-bond donors (Lipinski definition) is 2. The molecular formula is C69H132N2O7P+. The molecule has 0 rings (SSSR count). The van der Waals surface area contributed by atoms with Crippen molar-refractivity contribution in [2.45, 2.75) is 341 Å². The summed E-state index contributed by atoms with van der Waals surface area (Å²) >= 11 is 0. The monoisotopic (exact) mass is 1130 g/mol. The van der Waals surface area contributed by atoms with Crippen molar-refractivity contribution in [1.29, 1.82) is 0 Å². The minimum Gasteiger partial charge on any atom is -0.456 e. The van der Waals surface area contributed by atoms with E-state index in [2.05, 4.69) is 56.5 Å². The van der Waals surface area contributed by atoms with E-state index in [0.717, 1.165) is 51.4 Å². The van der Waals surface area contributed by atoms with E-state index in [1.807, 2.05) is 39.4 Å². The van der Waals surface area contributed by atoms with Gasteiger partial charge in [-0.25, -0.2) is 4.57 Å². The molecule has 1 amide bonds. The molecule has 79 heavy (non-hydrogen) atoms. The van der Waals surface area contributed by atoms with Crippen LogP contribution >= 0.6 is 7.82 Å². The van der Waals surface area contributed by atoms with Gasteiger partial charge in [-0.1, -0.05) is 288 Å². The molecule has 0 aromatic rings. The molecule has 3 unspecified atom stereocenters. The molecule has 2 N–H and O–H groups in total. The Morgan fingerprint density at radius 2 is 0.785 bits per heavy atom. The minimum absolute atomic E-state index is 0.0324. The van der Waals surface area contributed by atoms with E-state index in [9.17, 15) is 19.0 Å². The van der Waals surface area contributed by atoms with Gasteiger partial charge in [-0.05, 0) is 76.7 Å². The van der Waals surface area contributed by atoms with E-state index >= 15 is 0 Å². The molecule has 10 heteroatoms. The predicted octanol–water partition coefficient (Wildman–Crippen LogP) is 21.2. The first kappa shape index (κ1) is 77.0. The Labute approximate surface area is 490 Å². The molecule has 0 aromatic heterocycles. The number of hydrogen-bond acceptors (Lipinski definition) is 6. The van der Waals surface area contributed by atoms with Crippen LogP contribution in [0.2, 0.25) is 0 Å². The van der Waals surface area contributed by atoms with Crippen molar-refractivity contribution in [2.24, 2.45) is 0 Å². The van der Waals surface area contributed by atoms with E-state index in [0.29, 0.717) is 17.4 Å². The van der Waals surface area contributed by atoms with E-state index in [1.165, 1.54) is 238 Å². The van der Waals surface area contributed by atoms with Crippen LogP contribution in [0.15, 0.2) is 48.6 Å². The standard InChI is InChI=1S/C69H131N2O7P/c1-7-10-13-16-19-22-25-28-29-30-31-32-33-34-35-36-37-38-39-40-41-44-47-50-53-56-59-62-69(73)78-67(60-57-54-51-48-45-42-26-23-20-17-14-11-8-2)66(65-77-79(74,75)76-64-63-71(4,5)6)70-68(72)61-58-55-52-49-46-43-27-24-21-18-15-12-9-3/h28-29,43,46,52,55,57,60,66-67H,7-27,30-42,44-45,47-51,53-54,56,58-59,61-65H2,1-6H3,(H-,70,72,74,75)/p+1/b29-28+,46-43-,55-52+,60-57-. The van der Waals surface area contributed by atoms with Gasteiger partial charge in [0.05, 0.1) is 33.8 Å². The first-order valence-electron chi connectivity index (χ1n) is 34.0. The Morgan fingerprint density at radius 1 is 0.443 bits per heavy atom. The Balaban J connectivity index is 5.04. The fourth-order valence-electron chi connectivity index (χ4n) is 9.99. The SMILES string of the molecule is CCCCCCCC/C=C\C/C=C/CCC(=O)NC(COP(=O)(O)OCC[N+](C)(C)C)C(/C=C\CCCCCCCCCCCCC)OC(=O)CCCCCCCCCCCCCCCCCCC/C=C/CCCCCCCC. The number of nitrogens with zero attached hydrogens (tertiary/aromatic N) is 1. The third kappa shape index (κ3) is 60.4. The second kappa shape index (κ2) is 59.1. The molecule has 0 saturated heterocycles. The van der Waals surface area contributed by atoms with Crippen LogP contribution in [0, 0.1) is 0 Å². The largest absolute Gasteiger partial charge is 0.472 e. The Morgan fingerprint density at radius 3 is 1.18 bits per heavy atom. The molecule has 0 aromatic carbocycles. The van der Waals surface area contributed by atoms with Crippen LogP contribution in [0.4, 0.5) is 0 Å². The Bertz CT molecular complexity index is 1490. The van der Waals surface area contributed by atoms with Crippen molar-refractivity contribution < 1.29 is 37.3 Å². The molecule has 3 atom stereocenters. The number of carbonyl (C=O) groups excluding carboxylic acids is 2. The summed E-state index contributed by atoms with van der Waals surface area (Å²) in [4.78, 5) is 37.7. The Hall–Kier alpha value is -2.03. The van der Waals surface area contributed by atoms with Crippen molar-refractivity contribution in [3.05, 3.63) is 48.6 Å². The third-order valence-electron chi connectivity index (χ3n) is 15.3. The molecule has 0 saturated carbocycles. The van der Waals surface area contributed by atoms with Crippen molar-refractivity contribution in [3.63, 3.8) is 0 Å². The first-order valence-corrected chi connectivity index (χ1v) is 35.5. The summed E-state index contributed by atoms with van der Waals surface area (Å²) in [5, 5.41) is 3.02. The second-order valence-electron chi connectivity index (χ2n) is 24.3. The first-order chi connectivity index (χ1) is 38.4. The van der Waals surface area contributed by atoms with Gasteiger partial charge in [-0.2, -0.15) is 0 Å². The number of esters is 1. The Kier molecular flexibility index (Phi) is 57.6. The van der Waals surface area contributed by atoms with Gasteiger partial charge >= 0.3 is 13.8 Å². The average molecular weight is 1130 g/mol. The fraction of sp³-hybridized carbons (Fsp3) is 0.855. The summed E-state index contributed by atoms with van der Waals surface area (Å²) < 4.78 is 30.7. The number of quaternary nitrogens is 1. The number of allylic oxidation sites excluding steroid dienone is 7. The molecule has 464 valence electrons. The number of amides is 1. The van der Waals surface area contributed by atoms with Crippen LogP contribution in [-0.2, 0) is 27.9 Å². The lowest BCUT2D eigenvalue weighted by Crippen LogP contribution is -2.47. The smallest absolute Gasteiger partial charge is 0.456 e. The van der Waals surface area contributed by atoms with Crippen LogP contribution in [0.1, 0.15) is 329 Å². The van der Waals surface area contributed by atoms with Gasteiger partial charge in [0, 0.05) is 12.8 Å². The highest BCUT2D eigenvalue weighted by atomic mass is 31.2. The summed E-state index contributed by atoms with van der Waals surface area (Å²) in [7, 11) is 1.48. The number of rotatable bonds is 62. The average Bonchev–Trinajstić information content (AvgIpc) is 3.41. The van der Waals surface area contributed by atoms with E-state index < -0.39 is 20.0 Å². The molecular weight excluding hydrogens is 1000 g/mol. The number of unbranched alkanes of at least 4 members (excludes halogenated alkanes) is 40. The van der Waals surface area contributed by atoms with Gasteiger partial charge in [0.15, 0.2) is 0 Å².